The number of pyridine rings is 1. The van der Waals surface area contributed by atoms with Crippen molar-refractivity contribution in [3.8, 4) is 5.88 Å². The van der Waals surface area contributed by atoms with Crippen LogP contribution in [0, 0.1) is 5.92 Å². The minimum Gasteiger partial charge on any atom is -0.480 e. The normalized spacial score (nSPS) is 23.9. The van der Waals surface area contributed by atoms with Crippen LogP contribution in [0.1, 0.15) is 23.7 Å². The monoisotopic (exact) mass is 354 g/mol. The van der Waals surface area contributed by atoms with Crippen LogP contribution in [-0.4, -0.2) is 68.1 Å². The van der Waals surface area contributed by atoms with E-state index in [4.69, 9.17) is 9.47 Å². The smallest absolute Gasteiger partial charge is 0.259 e. The summed E-state index contributed by atoms with van der Waals surface area (Å²) < 4.78 is 34.8. The van der Waals surface area contributed by atoms with E-state index >= 15 is 0 Å². The van der Waals surface area contributed by atoms with Crippen molar-refractivity contribution in [2.75, 3.05) is 39.2 Å². The number of ether oxygens (including phenoxy) is 2. The van der Waals surface area contributed by atoms with Crippen molar-refractivity contribution in [3.05, 3.63) is 23.9 Å². The fraction of sp³-hybridized carbons (Fsp3) is 0.625. The van der Waals surface area contributed by atoms with Gasteiger partial charge in [-0.15, -0.1) is 0 Å². The molecule has 0 N–H and O–H groups in total. The number of carbonyl (C=O) groups is 1. The predicted octanol–water partition coefficient (Wildman–Crippen LogP) is 0.756. The van der Waals surface area contributed by atoms with Gasteiger partial charge in [-0.25, -0.2) is 13.4 Å². The SMILES string of the molecule is CCOC[C@H]1CCS(=O)(=O)C12CN(C(=O)c1cccnc1OC)C2. The largest absolute Gasteiger partial charge is 0.480 e. The van der Waals surface area contributed by atoms with Crippen molar-refractivity contribution in [2.24, 2.45) is 5.92 Å². The zero-order valence-electron chi connectivity index (χ0n) is 13.9. The van der Waals surface area contributed by atoms with Crippen LogP contribution >= 0.6 is 0 Å². The highest BCUT2D eigenvalue weighted by Gasteiger charge is 2.62. The summed E-state index contributed by atoms with van der Waals surface area (Å²) in [6.45, 7) is 3.30. The van der Waals surface area contributed by atoms with E-state index in [1.54, 1.807) is 23.2 Å². The molecule has 2 aliphatic heterocycles. The Bertz CT molecular complexity index is 728. The molecule has 3 rings (SSSR count). The van der Waals surface area contributed by atoms with Crippen molar-refractivity contribution in [3.63, 3.8) is 0 Å². The molecule has 1 aromatic rings. The standard InChI is InChI=1S/C16H22N2O5S/c1-3-23-9-12-6-8-24(20,21)16(12)10-18(11-16)15(19)13-5-4-7-17-14(13)22-2/h4-5,7,12H,3,6,8-11H2,1-2H3/t12-/m1/s1. The Hall–Kier alpha value is -1.67. The van der Waals surface area contributed by atoms with Crippen molar-refractivity contribution in [2.45, 2.75) is 18.1 Å². The third kappa shape index (κ3) is 2.57. The number of sulfone groups is 1. The number of likely N-dealkylation sites (tertiary alicyclic amines) is 1. The lowest BCUT2D eigenvalue weighted by atomic mass is 9.83. The molecule has 2 saturated heterocycles. The molecular weight excluding hydrogens is 332 g/mol. The zero-order chi connectivity index (χ0) is 17.4. The molecule has 7 nitrogen and oxygen atoms in total. The summed E-state index contributed by atoms with van der Waals surface area (Å²) in [5, 5.41) is 0. The average molecular weight is 354 g/mol. The van der Waals surface area contributed by atoms with E-state index in [0.717, 1.165) is 0 Å². The quantitative estimate of drug-likeness (QED) is 0.776. The van der Waals surface area contributed by atoms with Gasteiger partial charge in [0.05, 0.1) is 19.5 Å². The maximum Gasteiger partial charge on any atom is 0.259 e. The lowest BCUT2D eigenvalue weighted by Crippen LogP contribution is -2.68. The first-order chi connectivity index (χ1) is 11.4. The first-order valence-corrected chi connectivity index (χ1v) is 9.68. The second-order valence-electron chi connectivity index (χ2n) is 6.25. The number of carbonyl (C=O) groups excluding carboxylic acids is 1. The van der Waals surface area contributed by atoms with Crippen LogP contribution in [0.5, 0.6) is 5.88 Å². The van der Waals surface area contributed by atoms with Crippen molar-refractivity contribution in [1.82, 2.24) is 9.88 Å². The maximum absolute atomic E-state index is 12.7. The van der Waals surface area contributed by atoms with Crippen molar-refractivity contribution < 1.29 is 22.7 Å². The topological polar surface area (TPSA) is 85.8 Å². The summed E-state index contributed by atoms with van der Waals surface area (Å²) in [6, 6.07) is 3.30. The molecule has 2 fully saturated rings. The van der Waals surface area contributed by atoms with E-state index in [-0.39, 0.29) is 36.5 Å². The van der Waals surface area contributed by atoms with Crippen LogP contribution in [0.15, 0.2) is 18.3 Å². The van der Waals surface area contributed by atoms with E-state index in [1.807, 2.05) is 6.92 Å². The molecule has 0 radical (unpaired) electrons. The minimum absolute atomic E-state index is 0.0534. The number of nitrogens with zero attached hydrogens (tertiary/aromatic N) is 2. The third-order valence-corrected chi connectivity index (χ3v) is 7.62. The molecule has 0 aliphatic carbocycles. The molecule has 8 heteroatoms. The molecule has 2 aliphatic rings. The summed E-state index contributed by atoms with van der Waals surface area (Å²) in [7, 11) is -1.76. The molecular formula is C16H22N2O5S. The number of aromatic nitrogens is 1. The van der Waals surface area contributed by atoms with Crippen molar-refractivity contribution >= 4 is 15.7 Å². The van der Waals surface area contributed by atoms with E-state index in [9.17, 15) is 13.2 Å². The van der Waals surface area contributed by atoms with Gasteiger partial charge in [0.25, 0.3) is 5.91 Å². The fourth-order valence-corrected chi connectivity index (χ4v) is 6.00. The lowest BCUT2D eigenvalue weighted by Gasteiger charge is -2.49. The Morgan fingerprint density at radius 3 is 2.88 bits per heavy atom. The number of methoxy groups -OCH3 is 1. The molecule has 132 valence electrons. The van der Waals surface area contributed by atoms with Crippen LogP contribution in [-0.2, 0) is 14.6 Å². The summed E-state index contributed by atoms with van der Waals surface area (Å²) in [5.74, 6) is 0.122. The van der Waals surface area contributed by atoms with Gasteiger partial charge in [-0.3, -0.25) is 4.79 Å². The molecule has 3 heterocycles. The minimum atomic E-state index is -3.21. The molecule has 0 saturated carbocycles. The summed E-state index contributed by atoms with van der Waals surface area (Å²) in [5.41, 5.74) is 0.353. The molecule has 0 bridgehead atoms. The highest BCUT2D eigenvalue weighted by Crippen LogP contribution is 2.45. The molecule has 0 aromatic carbocycles. The van der Waals surface area contributed by atoms with Gasteiger partial charge >= 0.3 is 0 Å². The Morgan fingerprint density at radius 1 is 1.46 bits per heavy atom. The highest BCUT2D eigenvalue weighted by atomic mass is 32.2. The van der Waals surface area contributed by atoms with Crippen molar-refractivity contribution in [1.29, 1.82) is 0 Å². The molecule has 1 aromatic heterocycles. The number of hydrogen-bond acceptors (Lipinski definition) is 6. The van der Waals surface area contributed by atoms with Gasteiger partial charge in [0.2, 0.25) is 5.88 Å². The number of rotatable bonds is 5. The van der Waals surface area contributed by atoms with Crippen LogP contribution in [0.25, 0.3) is 0 Å². The van der Waals surface area contributed by atoms with E-state index in [1.165, 1.54) is 7.11 Å². The van der Waals surface area contributed by atoms with Crippen LogP contribution in [0.2, 0.25) is 0 Å². The second kappa shape index (κ2) is 6.33. The number of amides is 1. The first-order valence-electron chi connectivity index (χ1n) is 8.03. The first kappa shape index (κ1) is 17.2. The summed E-state index contributed by atoms with van der Waals surface area (Å²) >= 11 is 0. The predicted molar refractivity (Wildman–Crippen MR) is 87.8 cm³/mol. The van der Waals surface area contributed by atoms with Crippen LogP contribution in [0.4, 0.5) is 0 Å². The number of hydrogen-bond donors (Lipinski definition) is 0. The molecule has 0 unspecified atom stereocenters. The van der Waals surface area contributed by atoms with Crippen LogP contribution in [0.3, 0.4) is 0 Å². The molecule has 1 amide bonds. The Balaban J connectivity index is 1.78. The third-order valence-electron chi connectivity index (χ3n) is 5.02. The van der Waals surface area contributed by atoms with Gasteiger partial charge in [-0.1, -0.05) is 0 Å². The zero-order valence-corrected chi connectivity index (χ0v) is 14.7. The highest BCUT2D eigenvalue weighted by molar-refractivity contribution is 7.93. The average Bonchev–Trinajstić information content (AvgIpc) is 2.81. The van der Waals surface area contributed by atoms with E-state index in [0.29, 0.717) is 25.2 Å². The Labute approximate surface area is 141 Å². The molecule has 1 atom stereocenters. The Morgan fingerprint density at radius 2 is 2.21 bits per heavy atom. The molecule has 24 heavy (non-hydrogen) atoms. The van der Waals surface area contributed by atoms with Gasteiger partial charge < -0.3 is 14.4 Å². The van der Waals surface area contributed by atoms with Gasteiger partial charge in [-0.2, -0.15) is 0 Å². The summed E-state index contributed by atoms with van der Waals surface area (Å²) in [6.07, 6.45) is 2.15. The van der Waals surface area contributed by atoms with Crippen LogP contribution < -0.4 is 4.74 Å². The van der Waals surface area contributed by atoms with Gasteiger partial charge in [0.1, 0.15) is 10.3 Å². The molecule has 1 spiro atoms. The van der Waals surface area contributed by atoms with Gasteiger partial charge in [-0.05, 0) is 25.5 Å². The van der Waals surface area contributed by atoms with Gasteiger partial charge in [0, 0.05) is 31.8 Å². The van der Waals surface area contributed by atoms with E-state index in [2.05, 4.69) is 4.98 Å². The summed E-state index contributed by atoms with van der Waals surface area (Å²) in [4.78, 5) is 18.2. The lowest BCUT2D eigenvalue weighted by molar-refractivity contribution is 0.0268. The van der Waals surface area contributed by atoms with E-state index < -0.39 is 14.6 Å². The van der Waals surface area contributed by atoms with Gasteiger partial charge in [0.15, 0.2) is 9.84 Å². The fourth-order valence-electron chi connectivity index (χ4n) is 3.60. The maximum atomic E-state index is 12.7. The second-order valence-corrected chi connectivity index (χ2v) is 8.70. The Kier molecular flexibility index (Phi) is 4.52.